The van der Waals surface area contributed by atoms with Crippen LogP contribution in [0.15, 0.2) is 18.3 Å². The summed E-state index contributed by atoms with van der Waals surface area (Å²) in [4.78, 5) is 24.4. The van der Waals surface area contributed by atoms with Crippen molar-refractivity contribution in [2.24, 2.45) is 5.92 Å². The van der Waals surface area contributed by atoms with Gasteiger partial charge in [0.25, 0.3) is 5.69 Å². The number of hydrogen-bond acceptors (Lipinski definition) is 5. The first-order valence-electron chi connectivity index (χ1n) is 5.59. The molecule has 1 atom stereocenters. The standard InChI is InChI=1S/C11H15N3O4/c1-2-8(5-11(15)16)6-12-10-4-3-9(7-13-10)14(17)18/h3-4,7-8H,2,5-6H2,1H3,(H,12,13)(H,15,16). The number of nitro groups is 1. The Morgan fingerprint density at radius 1 is 1.61 bits per heavy atom. The Balaban J connectivity index is 2.52. The van der Waals surface area contributed by atoms with Crippen molar-refractivity contribution in [1.82, 2.24) is 4.98 Å². The van der Waals surface area contributed by atoms with Gasteiger partial charge in [0.05, 0.1) is 4.92 Å². The highest BCUT2D eigenvalue weighted by Crippen LogP contribution is 2.14. The van der Waals surface area contributed by atoms with Gasteiger partial charge in [-0.2, -0.15) is 0 Å². The molecule has 1 aromatic rings. The minimum Gasteiger partial charge on any atom is -0.481 e. The monoisotopic (exact) mass is 253 g/mol. The molecule has 98 valence electrons. The maximum Gasteiger partial charge on any atom is 0.303 e. The quantitative estimate of drug-likeness (QED) is 0.568. The fraction of sp³-hybridized carbons (Fsp3) is 0.455. The molecule has 0 aliphatic carbocycles. The van der Waals surface area contributed by atoms with E-state index in [-0.39, 0.29) is 18.0 Å². The van der Waals surface area contributed by atoms with E-state index in [1.165, 1.54) is 18.3 Å². The molecule has 18 heavy (non-hydrogen) atoms. The van der Waals surface area contributed by atoms with E-state index in [2.05, 4.69) is 10.3 Å². The molecule has 0 radical (unpaired) electrons. The van der Waals surface area contributed by atoms with Crippen LogP contribution in [0.5, 0.6) is 0 Å². The van der Waals surface area contributed by atoms with E-state index in [0.717, 1.165) is 6.42 Å². The lowest BCUT2D eigenvalue weighted by atomic mass is 10.0. The van der Waals surface area contributed by atoms with Crippen molar-refractivity contribution in [3.8, 4) is 0 Å². The van der Waals surface area contributed by atoms with Crippen molar-refractivity contribution in [2.75, 3.05) is 11.9 Å². The summed E-state index contributed by atoms with van der Waals surface area (Å²) in [6.07, 6.45) is 2.00. The van der Waals surface area contributed by atoms with Crippen LogP contribution in [0.4, 0.5) is 11.5 Å². The predicted molar refractivity (Wildman–Crippen MR) is 65.4 cm³/mol. The summed E-state index contributed by atoms with van der Waals surface area (Å²) in [7, 11) is 0. The van der Waals surface area contributed by atoms with Crippen molar-refractivity contribution < 1.29 is 14.8 Å². The number of aliphatic carboxylic acids is 1. The summed E-state index contributed by atoms with van der Waals surface area (Å²) >= 11 is 0. The average molecular weight is 253 g/mol. The topological polar surface area (TPSA) is 105 Å². The number of rotatable bonds is 7. The Morgan fingerprint density at radius 2 is 2.33 bits per heavy atom. The van der Waals surface area contributed by atoms with E-state index in [1.807, 2.05) is 6.92 Å². The Labute approximate surface area is 104 Å². The molecule has 7 nitrogen and oxygen atoms in total. The van der Waals surface area contributed by atoms with Gasteiger partial charge in [-0.1, -0.05) is 13.3 Å². The predicted octanol–water partition coefficient (Wildman–Crippen LogP) is 1.90. The molecule has 0 fully saturated rings. The number of nitrogens with one attached hydrogen (secondary N) is 1. The third-order valence-electron chi connectivity index (χ3n) is 2.57. The second-order valence-corrected chi connectivity index (χ2v) is 3.91. The van der Waals surface area contributed by atoms with Crippen LogP contribution in [0.25, 0.3) is 0 Å². The van der Waals surface area contributed by atoms with E-state index < -0.39 is 10.9 Å². The van der Waals surface area contributed by atoms with Crippen LogP contribution in [0.1, 0.15) is 19.8 Å². The van der Waals surface area contributed by atoms with Crippen molar-refractivity contribution in [3.63, 3.8) is 0 Å². The molecule has 1 rings (SSSR count). The molecule has 1 aromatic heterocycles. The van der Waals surface area contributed by atoms with Gasteiger partial charge in [0.1, 0.15) is 12.0 Å². The summed E-state index contributed by atoms with van der Waals surface area (Å²) in [5, 5.41) is 22.1. The van der Waals surface area contributed by atoms with Crippen LogP contribution in [0.3, 0.4) is 0 Å². The highest BCUT2D eigenvalue weighted by atomic mass is 16.6. The summed E-state index contributed by atoms with van der Waals surface area (Å²) in [6, 6.07) is 2.86. The van der Waals surface area contributed by atoms with E-state index in [1.54, 1.807) is 0 Å². The lowest BCUT2D eigenvalue weighted by Crippen LogP contribution is -2.17. The van der Waals surface area contributed by atoms with Gasteiger partial charge in [-0.25, -0.2) is 4.98 Å². The van der Waals surface area contributed by atoms with Gasteiger partial charge in [0, 0.05) is 19.0 Å². The number of anilines is 1. The minimum absolute atomic E-state index is 0.0134. The van der Waals surface area contributed by atoms with Crippen molar-refractivity contribution in [2.45, 2.75) is 19.8 Å². The van der Waals surface area contributed by atoms with Crippen LogP contribution < -0.4 is 5.32 Å². The fourth-order valence-corrected chi connectivity index (χ4v) is 1.46. The van der Waals surface area contributed by atoms with Gasteiger partial charge in [-0.3, -0.25) is 14.9 Å². The fourth-order valence-electron chi connectivity index (χ4n) is 1.46. The molecule has 0 spiro atoms. The number of pyridine rings is 1. The number of hydrogen-bond donors (Lipinski definition) is 2. The second-order valence-electron chi connectivity index (χ2n) is 3.91. The largest absolute Gasteiger partial charge is 0.481 e. The zero-order valence-electron chi connectivity index (χ0n) is 10.00. The van der Waals surface area contributed by atoms with Crippen molar-refractivity contribution in [3.05, 3.63) is 28.4 Å². The SMILES string of the molecule is CCC(CNc1ccc([N+](=O)[O-])cn1)CC(=O)O. The first-order valence-corrected chi connectivity index (χ1v) is 5.59. The maximum atomic E-state index is 10.6. The van der Waals surface area contributed by atoms with Crippen LogP contribution >= 0.6 is 0 Å². The molecular weight excluding hydrogens is 238 g/mol. The molecular formula is C11H15N3O4. The normalized spacial score (nSPS) is 11.8. The first kappa shape index (κ1) is 13.9. The number of carbonyl (C=O) groups is 1. The van der Waals surface area contributed by atoms with Gasteiger partial charge in [-0.15, -0.1) is 0 Å². The Hall–Kier alpha value is -2.18. The van der Waals surface area contributed by atoms with Crippen LogP contribution in [-0.2, 0) is 4.79 Å². The lowest BCUT2D eigenvalue weighted by Gasteiger charge is -2.13. The Morgan fingerprint density at radius 3 is 2.78 bits per heavy atom. The van der Waals surface area contributed by atoms with Crippen molar-refractivity contribution >= 4 is 17.5 Å². The van der Waals surface area contributed by atoms with E-state index >= 15 is 0 Å². The van der Waals surface area contributed by atoms with Gasteiger partial charge >= 0.3 is 5.97 Å². The van der Waals surface area contributed by atoms with E-state index in [9.17, 15) is 14.9 Å². The van der Waals surface area contributed by atoms with Crippen LogP contribution in [-0.4, -0.2) is 27.5 Å². The van der Waals surface area contributed by atoms with Gasteiger partial charge < -0.3 is 10.4 Å². The van der Waals surface area contributed by atoms with Crippen LogP contribution in [0, 0.1) is 16.0 Å². The third-order valence-corrected chi connectivity index (χ3v) is 2.57. The first-order chi connectivity index (χ1) is 8.52. The summed E-state index contributed by atoms with van der Waals surface area (Å²) in [5.41, 5.74) is -0.0712. The number of carboxylic acids is 1. The maximum absolute atomic E-state index is 10.6. The molecule has 0 saturated carbocycles. The summed E-state index contributed by atoms with van der Waals surface area (Å²) < 4.78 is 0. The average Bonchev–Trinajstić information content (AvgIpc) is 2.34. The minimum atomic E-state index is -0.833. The zero-order chi connectivity index (χ0) is 13.5. The lowest BCUT2D eigenvalue weighted by molar-refractivity contribution is -0.385. The number of nitrogens with zero attached hydrogens (tertiary/aromatic N) is 2. The smallest absolute Gasteiger partial charge is 0.303 e. The molecule has 1 unspecified atom stereocenters. The zero-order valence-corrected chi connectivity index (χ0v) is 10.00. The molecule has 0 aliphatic heterocycles. The highest BCUT2D eigenvalue weighted by Gasteiger charge is 2.11. The van der Waals surface area contributed by atoms with E-state index in [0.29, 0.717) is 12.4 Å². The Kier molecular flexibility index (Phi) is 5.04. The van der Waals surface area contributed by atoms with Crippen molar-refractivity contribution in [1.29, 1.82) is 0 Å². The summed E-state index contributed by atoms with van der Waals surface area (Å²) in [6.45, 7) is 2.40. The molecule has 0 amide bonds. The second kappa shape index (κ2) is 6.53. The molecule has 2 N–H and O–H groups in total. The third kappa shape index (κ3) is 4.36. The molecule has 0 aromatic carbocycles. The molecule has 0 bridgehead atoms. The van der Waals surface area contributed by atoms with Gasteiger partial charge in [0.2, 0.25) is 0 Å². The summed E-state index contributed by atoms with van der Waals surface area (Å²) in [5.74, 6) is -0.316. The Bertz CT molecular complexity index is 419. The van der Waals surface area contributed by atoms with Gasteiger partial charge in [0.15, 0.2) is 0 Å². The molecule has 0 aliphatic rings. The molecule has 0 saturated heterocycles. The highest BCUT2D eigenvalue weighted by molar-refractivity contribution is 5.67. The van der Waals surface area contributed by atoms with Crippen LogP contribution in [0.2, 0.25) is 0 Å². The molecule has 7 heteroatoms. The number of aromatic nitrogens is 1. The van der Waals surface area contributed by atoms with Gasteiger partial charge in [-0.05, 0) is 12.0 Å². The molecule has 1 heterocycles. The van der Waals surface area contributed by atoms with E-state index in [4.69, 9.17) is 5.11 Å². The number of carboxylic acid groups (broad SMARTS) is 1.